The highest BCUT2D eigenvalue weighted by atomic mass is 16.3. The molecule has 5 N–H and O–H groups in total. The van der Waals surface area contributed by atoms with Crippen LogP contribution in [-0.2, 0) is 16.2 Å². The minimum atomic E-state index is -0.470. The Morgan fingerprint density at radius 3 is 0.661 bits per heavy atom. The number of phenolic OH excluding ortho intramolecular Hbond substituents is 5. The summed E-state index contributed by atoms with van der Waals surface area (Å²) in [5.74, 6) is 1.23. The van der Waals surface area contributed by atoms with Crippen molar-refractivity contribution >= 4 is 0 Å². The molecule has 0 radical (unpaired) electrons. The van der Waals surface area contributed by atoms with E-state index in [9.17, 15) is 25.5 Å². The first-order valence-electron chi connectivity index (χ1n) is 18.4. The van der Waals surface area contributed by atoms with E-state index in [-0.39, 0.29) is 47.0 Å². The van der Waals surface area contributed by atoms with Crippen molar-refractivity contribution in [3.05, 3.63) is 220 Å². The summed E-state index contributed by atoms with van der Waals surface area (Å²) in [6, 6.07) is 53.7. The van der Waals surface area contributed by atoms with E-state index in [0.29, 0.717) is 0 Å². The number of aryl methyl sites for hydroxylation is 1. The molecule has 7 aromatic rings. The summed E-state index contributed by atoms with van der Waals surface area (Å²) in [6.45, 7) is 10.7. The SMILES string of the molecule is C.CC(C)(c1ccc(O)cc1)c1ccc(C(C)(c2ccc(O)cc2)c2ccc(O)cc2)cc1.Cc1ccc(C(C)(c2ccc(O)cc2)c2ccc(O)cc2)cc1. The summed E-state index contributed by atoms with van der Waals surface area (Å²) in [6.07, 6.45) is 0. The molecule has 0 aliphatic rings. The normalized spacial score (nSPS) is 11.5. The lowest BCUT2D eigenvalue weighted by Gasteiger charge is -2.33. The van der Waals surface area contributed by atoms with Crippen LogP contribution in [0.3, 0.4) is 0 Å². The lowest BCUT2D eigenvalue weighted by atomic mass is 9.70. The van der Waals surface area contributed by atoms with E-state index in [1.54, 1.807) is 60.7 Å². The molecule has 5 heteroatoms. The van der Waals surface area contributed by atoms with Gasteiger partial charge in [0.2, 0.25) is 0 Å². The molecule has 286 valence electrons. The topological polar surface area (TPSA) is 101 Å². The van der Waals surface area contributed by atoms with Gasteiger partial charge in [-0.2, -0.15) is 0 Å². The lowest BCUT2D eigenvalue weighted by Crippen LogP contribution is -2.26. The van der Waals surface area contributed by atoms with E-state index >= 15 is 0 Å². The maximum absolute atomic E-state index is 9.80. The van der Waals surface area contributed by atoms with Crippen LogP contribution in [0.15, 0.2) is 170 Å². The number of hydrogen-bond donors (Lipinski definition) is 5. The minimum Gasteiger partial charge on any atom is -0.508 e. The Morgan fingerprint density at radius 1 is 0.268 bits per heavy atom. The van der Waals surface area contributed by atoms with Gasteiger partial charge < -0.3 is 25.5 Å². The Kier molecular flexibility index (Phi) is 12.0. The first kappa shape index (κ1) is 40.7. The molecule has 0 aliphatic heterocycles. The fraction of sp³-hybridized carbons (Fsp3) is 0.176. The van der Waals surface area contributed by atoms with Gasteiger partial charge in [0.15, 0.2) is 0 Å². The predicted octanol–water partition coefficient (Wildman–Crippen LogP) is 11.9. The molecular formula is C51H52O5. The molecule has 0 saturated heterocycles. The molecule has 7 rings (SSSR count). The van der Waals surface area contributed by atoms with Crippen molar-refractivity contribution in [3.63, 3.8) is 0 Å². The third-order valence-electron chi connectivity index (χ3n) is 11.2. The van der Waals surface area contributed by atoms with Crippen molar-refractivity contribution < 1.29 is 25.5 Å². The number of phenols is 5. The maximum Gasteiger partial charge on any atom is 0.115 e. The molecule has 0 fully saturated rings. The highest BCUT2D eigenvalue weighted by Gasteiger charge is 2.33. The first-order valence-corrected chi connectivity index (χ1v) is 18.4. The van der Waals surface area contributed by atoms with Crippen LogP contribution in [0, 0.1) is 6.92 Å². The number of hydrogen-bond acceptors (Lipinski definition) is 5. The van der Waals surface area contributed by atoms with Gasteiger partial charge in [-0.15, -0.1) is 0 Å². The van der Waals surface area contributed by atoms with Crippen LogP contribution in [0.4, 0.5) is 0 Å². The molecule has 0 unspecified atom stereocenters. The Balaban J connectivity index is 0.000000222. The van der Waals surface area contributed by atoms with Crippen LogP contribution in [0.2, 0.25) is 0 Å². The minimum absolute atomic E-state index is 0. The molecule has 0 heterocycles. The van der Waals surface area contributed by atoms with Gasteiger partial charge in [-0.05, 0) is 126 Å². The summed E-state index contributed by atoms with van der Waals surface area (Å²) in [5.41, 5.74) is 9.00. The van der Waals surface area contributed by atoms with Gasteiger partial charge in [0, 0.05) is 16.2 Å². The standard InChI is InChI=1S/C29H28O3.C21H20O2.CH4/c1-28(2,21-8-14-25(30)15-9-21)20-4-6-22(7-5-20)29(3,23-10-16-26(31)17-11-23)24-12-18-27(32)19-13-24;1-15-3-5-16(6-4-15)21(2,17-7-11-19(22)12-8-17)18-9-13-20(23)14-10-18;/h4-19,30-32H,1-3H3;3-14,22-23H,1-2H3;1H4. The third kappa shape index (κ3) is 8.28. The summed E-state index contributed by atoms with van der Waals surface area (Å²) < 4.78 is 0. The molecular weight excluding hydrogens is 693 g/mol. The van der Waals surface area contributed by atoms with E-state index in [4.69, 9.17) is 0 Å². The summed E-state index contributed by atoms with van der Waals surface area (Å²) >= 11 is 0. The lowest BCUT2D eigenvalue weighted by molar-refractivity contribution is 0.473. The van der Waals surface area contributed by atoms with Gasteiger partial charge >= 0.3 is 0 Å². The monoisotopic (exact) mass is 744 g/mol. The van der Waals surface area contributed by atoms with E-state index in [2.05, 4.69) is 83.1 Å². The smallest absolute Gasteiger partial charge is 0.115 e. The van der Waals surface area contributed by atoms with Crippen molar-refractivity contribution in [3.8, 4) is 28.7 Å². The van der Waals surface area contributed by atoms with Crippen LogP contribution >= 0.6 is 0 Å². The van der Waals surface area contributed by atoms with E-state index in [1.165, 1.54) is 16.7 Å². The van der Waals surface area contributed by atoms with Gasteiger partial charge in [-0.3, -0.25) is 0 Å². The zero-order valence-electron chi connectivity index (χ0n) is 31.9. The summed E-state index contributed by atoms with van der Waals surface area (Å²) in [5, 5.41) is 48.4. The Bertz CT molecular complexity index is 2150. The molecule has 0 aromatic heterocycles. The van der Waals surface area contributed by atoms with Gasteiger partial charge in [0.05, 0.1) is 0 Å². The summed E-state index contributed by atoms with van der Waals surface area (Å²) in [4.78, 5) is 0. The van der Waals surface area contributed by atoms with Crippen molar-refractivity contribution in [2.75, 3.05) is 0 Å². The number of rotatable bonds is 8. The van der Waals surface area contributed by atoms with Crippen molar-refractivity contribution in [1.82, 2.24) is 0 Å². The van der Waals surface area contributed by atoms with E-state index in [1.807, 2.05) is 60.7 Å². The predicted molar refractivity (Wildman–Crippen MR) is 228 cm³/mol. The van der Waals surface area contributed by atoms with Crippen LogP contribution in [-0.4, -0.2) is 25.5 Å². The zero-order valence-corrected chi connectivity index (χ0v) is 31.9. The van der Waals surface area contributed by atoms with Crippen LogP contribution in [0.5, 0.6) is 28.7 Å². The Labute approximate surface area is 331 Å². The van der Waals surface area contributed by atoms with Gasteiger partial charge in [0.25, 0.3) is 0 Å². The van der Waals surface area contributed by atoms with Crippen molar-refractivity contribution in [2.45, 2.75) is 58.3 Å². The molecule has 0 bridgehead atoms. The average Bonchev–Trinajstić information content (AvgIpc) is 3.19. The Morgan fingerprint density at radius 2 is 0.429 bits per heavy atom. The molecule has 5 nitrogen and oxygen atoms in total. The third-order valence-corrected chi connectivity index (χ3v) is 11.2. The molecule has 0 amide bonds. The summed E-state index contributed by atoms with van der Waals surface area (Å²) in [7, 11) is 0. The molecule has 0 aliphatic carbocycles. The van der Waals surface area contributed by atoms with Gasteiger partial charge in [-0.25, -0.2) is 0 Å². The second-order valence-corrected chi connectivity index (χ2v) is 15.1. The largest absolute Gasteiger partial charge is 0.508 e. The molecule has 0 saturated carbocycles. The second-order valence-electron chi connectivity index (χ2n) is 15.1. The van der Waals surface area contributed by atoms with Crippen LogP contribution in [0.1, 0.15) is 85.2 Å². The van der Waals surface area contributed by atoms with Gasteiger partial charge in [-0.1, -0.05) is 136 Å². The van der Waals surface area contributed by atoms with Crippen LogP contribution < -0.4 is 0 Å². The molecule has 0 spiro atoms. The maximum atomic E-state index is 9.80. The van der Waals surface area contributed by atoms with Gasteiger partial charge in [0.1, 0.15) is 28.7 Å². The second kappa shape index (κ2) is 16.5. The fourth-order valence-electron chi connectivity index (χ4n) is 7.33. The van der Waals surface area contributed by atoms with E-state index < -0.39 is 5.41 Å². The molecule has 56 heavy (non-hydrogen) atoms. The van der Waals surface area contributed by atoms with E-state index in [0.717, 1.165) is 33.4 Å². The van der Waals surface area contributed by atoms with Crippen molar-refractivity contribution in [2.24, 2.45) is 0 Å². The molecule has 7 aromatic carbocycles. The Hall–Kier alpha value is -6.46. The molecule has 0 atom stereocenters. The zero-order chi connectivity index (χ0) is 39.4. The quantitative estimate of drug-likeness (QED) is 0.0998. The highest BCUT2D eigenvalue weighted by molar-refractivity contribution is 5.54. The van der Waals surface area contributed by atoms with Crippen LogP contribution in [0.25, 0.3) is 0 Å². The highest BCUT2D eigenvalue weighted by Crippen LogP contribution is 2.42. The fourth-order valence-corrected chi connectivity index (χ4v) is 7.33. The first-order chi connectivity index (χ1) is 26.2. The average molecular weight is 745 g/mol. The number of aromatic hydroxyl groups is 5. The van der Waals surface area contributed by atoms with Crippen molar-refractivity contribution in [1.29, 1.82) is 0 Å². The number of benzene rings is 7.